The third kappa shape index (κ3) is 3.41. The van der Waals surface area contributed by atoms with Gasteiger partial charge in [-0.3, -0.25) is 0 Å². The van der Waals surface area contributed by atoms with Crippen molar-refractivity contribution in [3.63, 3.8) is 0 Å². The summed E-state index contributed by atoms with van der Waals surface area (Å²) in [5, 5.41) is 3.99. The van der Waals surface area contributed by atoms with Crippen molar-refractivity contribution in [2.75, 3.05) is 7.05 Å². The van der Waals surface area contributed by atoms with E-state index in [1.807, 2.05) is 19.2 Å². The molecule has 1 nitrogen and oxygen atoms in total. The van der Waals surface area contributed by atoms with E-state index in [2.05, 4.69) is 49.5 Å². The van der Waals surface area contributed by atoms with Crippen LogP contribution in [0.5, 0.6) is 0 Å². The highest BCUT2D eigenvalue weighted by molar-refractivity contribution is 6.30. The molecule has 0 heterocycles. The predicted molar refractivity (Wildman–Crippen MR) is 88.4 cm³/mol. The smallest absolute Gasteiger partial charge is 0.0412 e. The average molecular weight is 288 g/mol. The van der Waals surface area contributed by atoms with E-state index in [1.165, 1.54) is 28.7 Å². The summed E-state index contributed by atoms with van der Waals surface area (Å²) in [7, 11) is 1.96. The molecule has 0 aromatic heterocycles. The van der Waals surface area contributed by atoms with E-state index in [9.17, 15) is 0 Å². The number of rotatable bonds is 5. The van der Waals surface area contributed by atoms with Crippen LogP contribution in [0, 0.1) is 0 Å². The first-order valence-corrected chi connectivity index (χ1v) is 7.56. The molecule has 0 aliphatic heterocycles. The molecular formula is C18H22ClN. The fourth-order valence-corrected chi connectivity index (χ4v) is 2.56. The van der Waals surface area contributed by atoms with Crippen LogP contribution in [0.25, 0.3) is 11.1 Å². The molecule has 0 bridgehead atoms. The molecule has 0 amide bonds. The van der Waals surface area contributed by atoms with Gasteiger partial charge in [0.25, 0.3) is 0 Å². The lowest BCUT2D eigenvalue weighted by Crippen LogP contribution is -2.06. The summed E-state index contributed by atoms with van der Waals surface area (Å²) in [5.74, 6) is 0.611. The molecule has 0 spiro atoms. The highest BCUT2D eigenvalue weighted by atomic mass is 35.5. The fraction of sp³-hybridized carbons (Fsp3) is 0.333. The maximum Gasteiger partial charge on any atom is 0.0412 e. The van der Waals surface area contributed by atoms with Gasteiger partial charge in [-0.25, -0.2) is 0 Å². The van der Waals surface area contributed by atoms with Crippen molar-refractivity contribution in [1.29, 1.82) is 0 Å². The van der Waals surface area contributed by atoms with Gasteiger partial charge in [0.15, 0.2) is 0 Å². The van der Waals surface area contributed by atoms with E-state index in [1.54, 1.807) is 0 Å². The summed E-state index contributed by atoms with van der Waals surface area (Å²) in [6, 6.07) is 15.0. The van der Waals surface area contributed by atoms with Gasteiger partial charge in [0.1, 0.15) is 0 Å². The molecule has 2 aromatic rings. The maximum atomic E-state index is 6.15. The Labute approximate surface area is 127 Å². The van der Waals surface area contributed by atoms with Crippen molar-refractivity contribution in [2.45, 2.75) is 32.7 Å². The van der Waals surface area contributed by atoms with Crippen LogP contribution in [0.2, 0.25) is 5.02 Å². The van der Waals surface area contributed by atoms with E-state index < -0.39 is 0 Å². The summed E-state index contributed by atoms with van der Waals surface area (Å²) in [5.41, 5.74) is 5.11. The van der Waals surface area contributed by atoms with Gasteiger partial charge < -0.3 is 5.32 Å². The van der Waals surface area contributed by atoms with Crippen LogP contribution in [-0.4, -0.2) is 7.05 Å². The second-order valence-electron chi connectivity index (χ2n) is 5.26. The molecule has 0 aliphatic rings. The quantitative estimate of drug-likeness (QED) is 0.793. The Balaban J connectivity index is 2.38. The molecule has 106 valence electrons. The van der Waals surface area contributed by atoms with Crippen molar-refractivity contribution < 1.29 is 0 Å². The lowest BCUT2D eigenvalue weighted by atomic mass is 9.94. The summed E-state index contributed by atoms with van der Waals surface area (Å²) < 4.78 is 0. The fourth-order valence-electron chi connectivity index (χ4n) is 2.39. The van der Waals surface area contributed by atoms with E-state index >= 15 is 0 Å². The van der Waals surface area contributed by atoms with E-state index in [0.717, 1.165) is 11.6 Å². The topological polar surface area (TPSA) is 12.0 Å². The lowest BCUT2D eigenvalue weighted by Gasteiger charge is -2.13. The van der Waals surface area contributed by atoms with Crippen LogP contribution in [0.1, 0.15) is 37.3 Å². The molecule has 0 aliphatic carbocycles. The molecule has 1 unspecified atom stereocenters. The zero-order chi connectivity index (χ0) is 14.5. The molecular weight excluding hydrogens is 266 g/mol. The first kappa shape index (κ1) is 15.1. The third-order valence-corrected chi connectivity index (χ3v) is 4.08. The number of halogens is 1. The average Bonchev–Trinajstić information content (AvgIpc) is 2.48. The van der Waals surface area contributed by atoms with Gasteiger partial charge in [-0.2, -0.15) is 0 Å². The zero-order valence-electron chi connectivity index (χ0n) is 12.4. The standard InChI is InChI=1S/C18H22ClN/c1-4-13(2)14-5-7-15(8-6-14)18-11-17(19)10-9-16(18)12-20-3/h5-11,13,20H,4,12H2,1-3H3. The van der Waals surface area contributed by atoms with Crippen LogP contribution in [-0.2, 0) is 6.54 Å². The molecule has 0 saturated carbocycles. The third-order valence-electron chi connectivity index (χ3n) is 3.84. The zero-order valence-corrected chi connectivity index (χ0v) is 13.2. The summed E-state index contributed by atoms with van der Waals surface area (Å²) in [4.78, 5) is 0. The summed E-state index contributed by atoms with van der Waals surface area (Å²) >= 11 is 6.15. The Morgan fingerprint density at radius 3 is 2.40 bits per heavy atom. The molecule has 2 rings (SSSR count). The molecule has 0 saturated heterocycles. The van der Waals surface area contributed by atoms with Crippen molar-refractivity contribution >= 4 is 11.6 Å². The summed E-state index contributed by atoms with van der Waals surface area (Å²) in [6.07, 6.45) is 1.17. The van der Waals surface area contributed by atoms with Gasteiger partial charge in [0.2, 0.25) is 0 Å². The molecule has 1 atom stereocenters. The molecule has 2 heteroatoms. The Morgan fingerprint density at radius 2 is 1.80 bits per heavy atom. The van der Waals surface area contributed by atoms with Gasteiger partial charge >= 0.3 is 0 Å². The minimum absolute atomic E-state index is 0.611. The lowest BCUT2D eigenvalue weighted by molar-refractivity contribution is 0.734. The largest absolute Gasteiger partial charge is 0.316 e. The highest BCUT2D eigenvalue weighted by Gasteiger charge is 2.07. The van der Waals surface area contributed by atoms with Crippen molar-refractivity contribution in [3.05, 3.63) is 58.6 Å². The normalized spacial score (nSPS) is 12.4. The van der Waals surface area contributed by atoms with Crippen molar-refractivity contribution in [1.82, 2.24) is 5.32 Å². The van der Waals surface area contributed by atoms with E-state index in [0.29, 0.717) is 5.92 Å². The number of hydrogen-bond acceptors (Lipinski definition) is 1. The van der Waals surface area contributed by atoms with Gasteiger partial charge in [0, 0.05) is 11.6 Å². The monoisotopic (exact) mass is 287 g/mol. The van der Waals surface area contributed by atoms with Gasteiger partial charge in [-0.15, -0.1) is 0 Å². The maximum absolute atomic E-state index is 6.15. The number of benzene rings is 2. The SMILES string of the molecule is CCC(C)c1ccc(-c2cc(Cl)ccc2CNC)cc1. The van der Waals surface area contributed by atoms with Gasteiger partial charge in [-0.1, -0.05) is 55.8 Å². The van der Waals surface area contributed by atoms with E-state index in [-0.39, 0.29) is 0 Å². The van der Waals surface area contributed by atoms with Crippen LogP contribution in [0.4, 0.5) is 0 Å². The minimum Gasteiger partial charge on any atom is -0.316 e. The first-order chi connectivity index (χ1) is 9.65. The Morgan fingerprint density at radius 1 is 1.10 bits per heavy atom. The molecule has 0 fully saturated rings. The molecule has 0 radical (unpaired) electrons. The summed E-state index contributed by atoms with van der Waals surface area (Å²) in [6.45, 7) is 5.33. The minimum atomic E-state index is 0.611. The Hall–Kier alpha value is -1.31. The number of nitrogens with one attached hydrogen (secondary N) is 1. The molecule has 2 aromatic carbocycles. The molecule has 1 N–H and O–H groups in total. The van der Waals surface area contributed by atoms with Crippen LogP contribution in [0.15, 0.2) is 42.5 Å². The first-order valence-electron chi connectivity index (χ1n) is 7.19. The van der Waals surface area contributed by atoms with Crippen molar-refractivity contribution in [3.8, 4) is 11.1 Å². The van der Waals surface area contributed by atoms with Crippen LogP contribution in [0.3, 0.4) is 0 Å². The highest BCUT2D eigenvalue weighted by Crippen LogP contribution is 2.29. The molecule has 20 heavy (non-hydrogen) atoms. The van der Waals surface area contributed by atoms with Crippen LogP contribution < -0.4 is 5.32 Å². The Kier molecular flexibility index (Phi) is 5.22. The second-order valence-corrected chi connectivity index (χ2v) is 5.70. The van der Waals surface area contributed by atoms with Crippen LogP contribution >= 0.6 is 11.6 Å². The van der Waals surface area contributed by atoms with Crippen molar-refractivity contribution in [2.24, 2.45) is 0 Å². The van der Waals surface area contributed by atoms with Gasteiger partial charge in [0.05, 0.1) is 0 Å². The number of hydrogen-bond donors (Lipinski definition) is 1. The predicted octanol–water partition coefficient (Wildman–Crippen LogP) is 5.24. The Bertz CT molecular complexity index is 560. The van der Waals surface area contributed by atoms with E-state index in [4.69, 9.17) is 11.6 Å². The second kappa shape index (κ2) is 6.92. The van der Waals surface area contributed by atoms with Gasteiger partial charge in [-0.05, 0) is 53.8 Å².